The molecular weight excluding hydrogens is 334 g/mol. The Hall–Kier alpha value is -0.380. The minimum absolute atomic E-state index is 0.199. The van der Waals surface area contributed by atoms with Crippen molar-refractivity contribution in [3.05, 3.63) is 12.2 Å². The Morgan fingerprint density at radius 2 is 1.78 bits per heavy atom. The second-order valence-corrected chi connectivity index (χ2v) is 10.5. The highest BCUT2D eigenvalue weighted by atomic mass is 16.3. The van der Waals surface area contributed by atoms with Crippen LogP contribution in [0.25, 0.3) is 0 Å². The summed E-state index contributed by atoms with van der Waals surface area (Å²) in [7, 11) is 2.01. The fourth-order valence-corrected chi connectivity index (χ4v) is 6.36. The minimum atomic E-state index is -0.199. The molecule has 3 heteroatoms. The Morgan fingerprint density at radius 3 is 2.37 bits per heavy atom. The first-order valence-corrected chi connectivity index (χ1v) is 11.4. The van der Waals surface area contributed by atoms with Crippen LogP contribution in [0, 0.1) is 34.5 Å². The third kappa shape index (κ3) is 4.46. The number of fused-ring (bicyclic) bond motifs is 1. The van der Waals surface area contributed by atoms with Gasteiger partial charge in [0.1, 0.15) is 0 Å². The number of aliphatic hydroxyl groups excluding tert-OH is 2. The fourth-order valence-electron chi connectivity index (χ4n) is 6.36. The lowest BCUT2D eigenvalue weighted by Gasteiger charge is -2.52. The van der Waals surface area contributed by atoms with E-state index in [1.165, 1.54) is 57.1 Å². The maximum Gasteiger partial charge on any atom is 0.0544 e. The molecule has 156 valence electrons. The van der Waals surface area contributed by atoms with Crippen LogP contribution in [0.5, 0.6) is 0 Å². The van der Waals surface area contributed by atoms with E-state index in [1.54, 1.807) is 0 Å². The summed E-state index contributed by atoms with van der Waals surface area (Å²) in [5.41, 5.74) is 2.09. The van der Waals surface area contributed by atoms with Gasteiger partial charge in [-0.25, -0.2) is 0 Å². The van der Waals surface area contributed by atoms with E-state index in [1.807, 2.05) is 7.05 Å². The SMILES string of the molecule is C=C1CCC2CC(C3(C)CCC(O)CC3CO)CCC12C.CNCC1CC1. The maximum atomic E-state index is 9.94. The molecule has 0 aromatic rings. The van der Waals surface area contributed by atoms with Crippen LogP contribution in [-0.4, -0.2) is 36.5 Å². The minimum Gasteiger partial charge on any atom is -0.396 e. The quantitative estimate of drug-likeness (QED) is 0.631. The van der Waals surface area contributed by atoms with Gasteiger partial charge in [0.25, 0.3) is 0 Å². The smallest absolute Gasteiger partial charge is 0.0544 e. The number of nitrogens with one attached hydrogen (secondary N) is 1. The third-order valence-corrected chi connectivity index (χ3v) is 8.93. The molecule has 4 aliphatic carbocycles. The highest BCUT2D eigenvalue weighted by molar-refractivity contribution is 5.19. The Bertz CT molecular complexity index is 517. The maximum absolute atomic E-state index is 9.94. The van der Waals surface area contributed by atoms with Gasteiger partial charge in [0.05, 0.1) is 6.10 Å². The molecule has 6 unspecified atom stereocenters. The summed E-state index contributed by atoms with van der Waals surface area (Å²) in [5.74, 6) is 2.83. The van der Waals surface area contributed by atoms with Gasteiger partial charge in [-0.2, -0.15) is 0 Å². The van der Waals surface area contributed by atoms with Crippen LogP contribution >= 0.6 is 0 Å². The number of rotatable bonds is 4. The van der Waals surface area contributed by atoms with Crippen molar-refractivity contribution in [1.29, 1.82) is 0 Å². The highest BCUT2D eigenvalue weighted by Gasteiger charge is 2.51. The van der Waals surface area contributed by atoms with Crippen LogP contribution in [0.4, 0.5) is 0 Å². The van der Waals surface area contributed by atoms with Gasteiger partial charge >= 0.3 is 0 Å². The Labute approximate surface area is 167 Å². The van der Waals surface area contributed by atoms with E-state index in [0.29, 0.717) is 11.3 Å². The molecule has 0 bridgehead atoms. The van der Waals surface area contributed by atoms with Crippen molar-refractivity contribution < 1.29 is 10.2 Å². The average Bonchev–Trinajstić information content (AvgIpc) is 3.42. The lowest BCUT2D eigenvalue weighted by molar-refractivity contribution is -0.0661. The van der Waals surface area contributed by atoms with Gasteiger partial charge in [-0.05, 0) is 112 Å². The predicted octanol–water partition coefficient (Wildman–Crippen LogP) is 4.53. The third-order valence-electron chi connectivity index (χ3n) is 8.93. The fraction of sp³-hybridized carbons (Fsp3) is 0.917. The molecule has 0 aliphatic heterocycles. The number of hydrogen-bond donors (Lipinski definition) is 3. The van der Waals surface area contributed by atoms with Gasteiger partial charge in [0.15, 0.2) is 0 Å². The van der Waals surface area contributed by atoms with Gasteiger partial charge in [-0.15, -0.1) is 0 Å². The van der Waals surface area contributed by atoms with E-state index >= 15 is 0 Å². The van der Waals surface area contributed by atoms with Crippen molar-refractivity contribution >= 4 is 0 Å². The van der Waals surface area contributed by atoms with Gasteiger partial charge in [-0.3, -0.25) is 0 Å². The first-order valence-electron chi connectivity index (χ1n) is 11.4. The summed E-state index contributed by atoms with van der Waals surface area (Å²) < 4.78 is 0. The summed E-state index contributed by atoms with van der Waals surface area (Å²) in [5, 5.41) is 22.9. The Balaban J connectivity index is 0.000000299. The highest BCUT2D eigenvalue weighted by Crippen LogP contribution is 2.61. The van der Waals surface area contributed by atoms with E-state index in [-0.39, 0.29) is 24.0 Å². The molecule has 0 heterocycles. The first-order chi connectivity index (χ1) is 12.8. The van der Waals surface area contributed by atoms with E-state index in [2.05, 4.69) is 25.7 Å². The zero-order valence-electron chi connectivity index (χ0n) is 18.0. The summed E-state index contributed by atoms with van der Waals surface area (Å²) in [6.07, 6.45) is 11.9. The van der Waals surface area contributed by atoms with Gasteiger partial charge < -0.3 is 15.5 Å². The largest absolute Gasteiger partial charge is 0.396 e. The summed E-state index contributed by atoms with van der Waals surface area (Å²) in [6.45, 7) is 10.6. The van der Waals surface area contributed by atoms with E-state index in [4.69, 9.17) is 0 Å². The second kappa shape index (κ2) is 8.55. The van der Waals surface area contributed by atoms with E-state index < -0.39 is 0 Å². The zero-order chi connectivity index (χ0) is 19.7. The molecule has 4 saturated carbocycles. The number of aliphatic hydroxyl groups is 2. The van der Waals surface area contributed by atoms with Gasteiger partial charge in [0.2, 0.25) is 0 Å². The second-order valence-electron chi connectivity index (χ2n) is 10.5. The summed E-state index contributed by atoms with van der Waals surface area (Å²) in [4.78, 5) is 0. The average molecular weight is 378 g/mol. The monoisotopic (exact) mass is 377 g/mol. The molecule has 4 fully saturated rings. The molecule has 0 aromatic carbocycles. The van der Waals surface area contributed by atoms with Crippen LogP contribution in [0.3, 0.4) is 0 Å². The molecule has 0 spiro atoms. The topological polar surface area (TPSA) is 52.5 Å². The van der Waals surface area contributed by atoms with Crippen LogP contribution in [0.15, 0.2) is 12.2 Å². The number of allylic oxidation sites excluding steroid dienone is 1. The van der Waals surface area contributed by atoms with E-state index in [0.717, 1.165) is 31.1 Å². The van der Waals surface area contributed by atoms with Crippen LogP contribution in [0.1, 0.15) is 78.1 Å². The van der Waals surface area contributed by atoms with Gasteiger partial charge in [-0.1, -0.05) is 26.0 Å². The Kier molecular flexibility index (Phi) is 6.75. The van der Waals surface area contributed by atoms with Crippen molar-refractivity contribution in [3.63, 3.8) is 0 Å². The Morgan fingerprint density at radius 1 is 1.04 bits per heavy atom. The standard InChI is InChI=1S/C19H32O2.C5H11N/c1-13-4-5-14-10-15(6-8-18(13,14)2)19(3)9-7-17(21)11-16(19)12-20;1-6-4-5-2-3-5/h14-17,20-21H,1,4-12H2,2-3H3;5-6H,2-4H2,1H3. The summed E-state index contributed by atoms with van der Waals surface area (Å²) in [6, 6.07) is 0. The number of hydrogen-bond acceptors (Lipinski definition) is 3. The van der Waals surface area contributed by atoms with Crippen LogP contribution in [-0.2, 0) is 0 Å². The molecule has 3 nitrogen and oxygen atoms in total. The zero-order valence-corrected chi connectivity index (χ0v) is 18.0. The molecule has 27 heavy (non-hydrogen) atoms. The lowest BCUT2D eigenvalue weighted by atomic mass is 9.53. The molecule has 0 saturated heterocycles. The molecule has 3 N–H and O–H groups in total. The van der Waals surface area contributed by atoms with Crippen LogP contribution < -0.4 is 5.32 Å². The molecule has 0 amide bonds. The van der Waals surface area contributed by atoms with Gasteiger partial charge in [0, 0.05) is 6.61 Å². The molecule has 4 rings (SSSR count). The molecular formula is C24H43NO2. The van der Waals surface area contributed by atoms with Crippen molar-refractivity contribution in [3.8, 4) is 0 Å². The molecule has 4 aliphatic rings. The predicted molar refractivity (Wildman–Crippen MR) is 113 cm³/mol. The molecule has 6 atom stereocenters. The molecule has 0 aromatic heterocycles. The van der Waals surface area contributed by atoms with Crippen molar-refractivity contribution in [2.24, 2.45) is 34.5 Å². The van der Waals surface area contributed by atoms with Crippen LogP contribution in [0.2, 0.25) is 0 Å². The molecule has 0 radical (unpaired) electrons. The lowest BCUT2D eigenvalue weighted by Crippen LogP contribution is -2.46. The van der Waals surface area contributed by atoms with Crippen molar-refractivity contribution in [1.82, 2.24) is 5.32 Å². The summed E-state index contributed by atoms with van der Waals surface area (Å²) >= 11 is 0. The van der Waals surface area contributed by atoms with Crippen molar-refractivity contribution in [2.75, 3.05) is 20.2 Å². The normalized spacial score (nSPS) is 44.4. The first kappa shape index (κ1) is 21.3. The van der Waals surface area contributed by atoms with Crippen molar-refractivity contribution in [2.45, 2.75) is 84.2 Å². The van der Waals surface area contributed by atoms with E-state index in [9.17, 15) is 10.2 Å².